The molecule has 0 fully saturated rings. The lowest BCUT2D eigenvalue weighted by molar-refractivity contribution is 0.444. The highest BCUT2D eigenvalue weighted by Crippen LogP contribution is 2.23. The van der Waals surface area contributed by atoms with E-state index in [1.807, 2.05) is 11.9 Å². The number of hydrogen-bond acceptors (Lipinski definition) is 2. The lowest BCUT2D eigenvalue weighted by Crippen LogP contribution is -2.24. The van der Waals surface area contributed by atoms with E-state index in [1.165, 1.54) is 29.8 Å². The fourth-order valence-corrected chi connectivity index (χ4v) is 2.58. The molecule has 1 aromatic rings. The lowest BCUT2D eigenvalue weighted by atomic mass is 10.0. The molecule has 13 heavy (non-hydrogen) atoms. The maximum absolute atomic E-state index is 2.46. The maximum Gasteiger partial charge on any atom is 0.0343 e. The van der Waals surface area contributed by atoms with Gasteiger partial charge in [-0.2, -0.15) is 0 Å². The molecule has 0 saturated carbocycles. The quantitative estimate of drug-likeness (QED) is 0.664. The van der Waals surface area contributed by atoms with E-state index >= 15 is 0 Å². The molecule has 0 unspecified atom stereocenters. The van der Waals surface area contributed by atoms with Crippen LogP contribution in [0.25, 0.3) is 0 Å². The Morgan fingerprint density at radius 1 is 1.31 bits per heavy atom. The lowest BCUT2D eigenvalue weighted by Gasteiger charge is -2.27. The summed E-state index contributed by atoms with van der Waals surface area (Å²) >= 11 is 1.95. The Labute approximate surface area is 84.3 Å². The summed E-state index contributed by atoms with van der Waals surface area (Å²) in [5, 5.41) is 0. The summed E-state index contributed by atoms with van der Waals surface area (Å²) in [4.78, 5) is 0. The van der Waals surface area contributed by atoms with Gasteiger partial charge in [0.1, 0.15) is 0 Å². The SMILES string of the molecule is CCSN1CCc2ccccc2C1. The third-order valence-corrected chi connectivity index (χ3v) is 3.34. The highest BCUT2D eigenvalue weighted by Gasteiger charge is 2.14. The van der Waals surface area contributed by atoms with Gasteiger partial charge in [0.2, 0.25) is 0 Å². The van der Waals surface area contributed by atoms with Gasteiger partial charge in [0.25, 0.3) is 0 Å². The number of benzene rings is 1. The van der Waals surface area contributed by atoms with Gasteiger partial charge in [-0.05, 0) is 17.5 Å². The Balaban J connectivity index is 2.11. The molecule has 2 heteroatoms. The second kappa shape index (κ2) is 4.16. The van der Waals surface area contributed by atoms with Crippen molar-refractivity contribution in [1.82, 2.24) is 4.31 Å². The zero-order valence-corrected chi connectivity index (χ0v) is 8.81. The van der Waals surface area contributed by atoms with E-state index in [4.69, 9.17) is 0 Å². The number of hydrogen-bond donors (Lipinski definition) is 0. The second-order valence-electron chi connectivity index (χ2n) is 3.30. The van der Waals surface area contributed by atoms with Gasteiger partial charge in [-0.15, -0.1) is 0 Å². The fourth-order valence-electron chi connectivity index (χ4n) is 1.76. The van der Waals surface area contributed by atoms with Crippen LogP contribution in [-0.2, 0) is 13.0 Å². The topological polar surface area (TPSA) is 3.24 Å². The van der Waals surface area contributed by atoms with Gasteiger partial charge < -0.3 is 0 Å². The molecule has 1 aliphatic heterocycles. The first-order valence-corrected chi connectivity index (χ1v) is 5.79. The van der Waals surface area contributed by atoms with Crippen LogP contribution >= 0.6 is 11.9 Å². The molecule has 1 aromatic carbocycles. The van der Waals surface area contributed by atoms with E-state index in [2.05, 4.69) is 35.5 Å². The molecule has 0 N–H and O–H groups in total. The molecule has 0 aromatic heterocycles. The predicted molar refractivity (Wildman–Crippen MR) is 58.7 cm³/mol. The van der Waals surface area contributed by atoms with Crippen molar-refractivity contribution in [2.75, 3.05) is 12.3 Å². The molecule has 1 nitrogen and oxygen atoms in total. The van der Waals surface area contributed by atoms with Crippen LogP contribution in [0, 0.1) is 0 Å². The molecule has 0 bridgehead atoms. The predicted octanol–water partition coefficient (Wildman–Crippen LogP) is 2.71. The van der Waals surface area contributed by atoms with E-state index in [0.29, 0.717) is 0 Å². The van der Waals surface area contributed by atoms with E-state index in [1.54, 1.807) is 0 Å². The Morgan fingerprint density at radius 3 is 2.85 bits per heavy atom. The van der Waals surface area contributed by atoms with Crippen LogP contribution in [0.2, 0.25) is 0 Å². The van der Waals surface area contributed by atoms with E-state index in [0.717, 1.165) is 6.54 Å². The molecule has 0 amide bonds. The van der Waals surface area contributed by atoms with Gasteiger partial charge in [0, 0.05) is 18.8 Å². The first-order chi connectivity index (χ1) is 6.40. The van der Waals surface area contributed by atoms with Crippen LogP contribution in [0.4, 0.5) is 0 Å². The normalized spacial score (nSPS) is 17.0. The van der Waals surface area contributed by atoms with Gasteiger partial charge >= 0.3 is 0 Å². The van der Waals surface area contributed by atoms with Crippen molar-refractivity contribution in [3.63, 3.8) is 0 Å². The molecule has 70 valence electrons. The molecule has 2 rings (SSSR count). The number of nitrogens with zero attached hydrogens (tertiary/aromatic N) is 1. The summed E-state index contributed by atoms with van der Waals surface area (Å²) < 4.78 is 2.46. The minimum Gasteiger partial charge on any atom is -0.246 e. The molecule has 0 saturated heterocycles. The fraction of sp³-hybridized carbons (Fsp3) is 0.455. The van der Waals surface area contributed by atoms with Crippen molar-refractivity contribution in [1.29, 1.82) is 0 Å². The average molecular weight is 193 g/mol. The largest absolute Gasteiger partial charge is 0.246 e. The van der Waals surface area contributed by atoms with E-state index in [-0.39, 0.29) is 0 Å². The van der Waals surface area contributed by atoms with Crippen molar-refractivity contribution in [3.05, 3.63) is 35.4 Å². The number of rotatable bonds is 2. The van der Waals surface area contributed by atoms with Crippen LogP contribution in [-0.4, -0.2) is 16.6 Å². The average Bonchev–Trinajstić information content (AvgIpc) is 2.18. The third kappa shape index (κ3) is 2.06. The van der Waals surface area contributed by atoms with Crippen LogP contribution in [0.1, 0.15) is 18.1 Å². The Hall–Kier alpha value is -0.470. The highest BCUT2D eigenvalue weighted by molar-refractivity contribution is 7.96. The van der Waals surface area contributed by atoms with Crippen LogP contribution in [0.15, 0.2) is 24.3 Å². The molecule has 0 atom stereocenters. The minimum absolute atomic E-state index is 1.12. The summed E-state index contributed by atoms with van der Waals surface area (Å²) in [5.74, 6) is 1.18. The Kier molecular flexibility index (Phi) is 2.91. The third-order valence-electron chi connectivity index (χ3n) is 2.41. The summed E-state index contributed by atoms with van der Waals surface area (Å²) in [6.45, 7) is 4.54. The van der Waals surface area contributed by atoms with Crippen LogP contribution in [0.5, 0.6) is 0 Å². The monoisotopic (exact) mass is 193 g/mol. The van der Waals surface area contributed by atoms with Crippen molar-refractivity contribution >= 4 is 11.9 Å². The van der Waals surface area contributed by atoms with Gasteiger partial charge in [0.15, 0.2) is 0 Å². The van der Waals surface area contributed by atoms with Crippen molar-refractivity contribution in [2.45, 2.75) is 19.9 Å². The van der Waals surface area contributed by atoms with Crippen LogP contribution in [0.3, 0.4) is 0 Å². The van der Waals surface area contributed by atoms with Gasteiger partial charge in [0.05, 0.1) is 0 Å². The molecular formula is C11H15NS. The second-order valence-corrected chi connectivity index (χ2v) is 4.65. The zero-order valence-electron chi connectivity index (χ0n) is 7.99. The standard InChI is InChI=1S/C11H15NS/c1-2-13-12-8-7-10-5-3-4-6-11(10)9-12/h3-6H,2,7-9H2,1H3. The van der Waals surface area contributed by atoms with Gasteiger partial charge in [-0.25, -0.2) is 4.31 Å². The number of fused-ring (bicyclic) bond motifs is 1. The maximum atomic E-state index is 2.46. The van der Waals surface area contributed by atoms with Crippen molar-refractivity contribution in [2.24, 2.45) is 0 Å². The van der Waals surface area contributed by atoms with Crippen molar-refractivity contribution in [3.8, 4) is 0 Å². The van der Waals surface area contributed by atoms with E-state index < -0.39 is 0 Å². The van der Waals surface area contributed by atoms with Crippen molar-refractivity contribution < 1.29 is 0 Å². The smallest absolute Gasteiger partial charge is 0.0343 e. The van der Waals surface area contributed by atoms with E-state index in [9.17, 15) is 0 Å². The summed E-state index contributed by atoms with van der Waals surface area (Å²) in [5.41, 5.74) is 3.05. The first-order valence-electron chi connectivity index (χ1n) is 4.85. The summed E-state index contributed by atoms with van der Waals surface area (Å²) in [6.07, 6.45) is 1.21. The minimum atomic E-state index is 1.12. The highest BCUT2D eigenvalue weighted by atomic mass is 32.2. The molecule has 0 aliphatic carbocycles. The molecule has 1 aliphatic rings. The first kappa shape index (κ1) is 9.10. The molecule has 0 spiro atoms. The van der Waals surface area contributed by atoms with Crippen LogP contribution < -0.4 is 0 Å². The Bertz CT molecular complexity index is 285. The zero-order chi connectivity index (χ0) is 9.10. The van der Waals surface area contributed by atoms with Gasteiger partial charge in [-0.1, -0.05) is 43.1 Å². The van der Waals surface area contributed by atoms with Gasteiger partial charge in [-0.3, -0.25) is 0 Å². The Morgan fingerprint density at radius 2 is 2.08 bits per heavy atom. The molecular weight excluding hydrogens is 178 g/mol. The molecule has 1 heterocycles. The summed E-state index contributed by atoms with van der Waals surface area (Å²) in [7, 11) is 0. The molecule has 0 radical (unpaired) electrons. The summed E-state index contributed by atoms with van der Waals surface area (Å²) in [6, 6.07) is 8.78.